The van der Waals surface area contributed by atoms with Gasteiger partial charge in [-0.05, 0) is 0 Å². The molecule has 5 nitrogen and oxygen atoms in total. The third-order valence-corrected chi connectivity index (χ3v) is 1.31. The zero-order valence-electron chi connectivity index (χ0n) is 6.40. The Hall–Kier alpha value is -1.39. The lowest BCUT2D eigenvalue weighted by atomic mass is 10.5. The highest BCUT2D eigenvalue weighted by Crippen LogP contribution is 1.96. The van der Waals surface area contributed by atoms with E-state index in [0.717, 1.165) is 0 Å². The van der Waals surface area contributed by atoms with Crippen LogP contribution in [-0.4, -0.2) is 25.8 Å². The third kappa shape index (κ3) is 1.36. The topological polar surface area (TPSA) is 68.0 Å². The standard InChI is InChI=1S/C6H9N3O2/c1-3-4-7-5(6(10)11)9(2)8-4/h3H2,1-2H3,(H,10,11). The second kappa shape index (κ2) is 2.69. The molecule has 1 heterocycles. The lowest BCUT2D eigenvalue weighted by Gasteiger charge is -1.88. The molecule has 11 heavy (non-hydrogen) atoms. The van der Waals surface area contributed by atoms with Crippen LogP contribution in [0.3, 0.4) is 0 Å². The van der Waals surface area contributed by atoms with Crippen molar-refractivity contribution < 1.29 is 9.90 Å². The molecule has 0 saturated carbocycles. The van der Waals surface area contributed by atoms with E-state index in [9.17, 15) is 4.79 Å². The fourth-order valence-electron chi connectivity index (χ4n) is 0.773. The first kappa shape index (κ1) is 7.71. The minimum atomic E-state index is -1.04. The molecule has 0 unspecified atom stereocenters. The summed E-state index contributed by atoms with van der Waals surface area (Å²) in [6, 6.07) is 0. The van der Waals surface area contributed by atoms with Gasteiger partial charge in [0.05, 0.1) is 0 Å². The third-order valence-electron chi connectivity index (χ3n) is 1.31. The quantitative estimate of drug-likeness (QED) is 0.656. The molecule has 1 aromatic heterocycles. The monoisotopic (exact) mass is 155 g/mol. The van der Waals surface area contributed by atoms with Crippen molar-refractivity contribution in [3.63, 3.8) is 0 Å². The van der Waals surface area contributed by atoms with Crippen LogP contribution in [0.1, 0.15) is 23.4 Å². The van der Waals surface area contributed by atoms with Crippen molar-refractivity contribution in [2.45, 2.75) is 13.3 Å². The summed E-state index contributed by atoms with van der Waals surface area (Å²) in [6.07, 6.45) is 0.654. The summed E-state index contributed by atoms with van der Waals surface area (Å²) in [7, 11) is 1.57. The fourth-order valence-corrected chi connectivity index (χ4v) is 0.773. The zero-order chi connectivity index (χ0) is 8.43. The van der Waals surface area contributed by atoms with Crippen molar-refractivity contribution in [1.29, 1.82) is 0 Å². The summed E-state index contributed by atoms with van der Waals surface area (Å²) in [5, 5.41) is 12.4. The van der Waals surface area contributed by atoms with Crippen LogP contribution in [0.5, 0.6) is 0 Å². The van der Waals surface area contributed by atoms with Gasteiger partial charge in [-0.25, -0.2) is 14.5 Å². The Morgan fingerprint density at radius 1 is 1.73 bits per heavy atom. The Kier molecular flexibility index (Phi) is 1.89. The van der Waals surface area contributed by atoms with Gasteiger partial charge in [0, 0.05) is 13.5 Å². The van der Waals surface area contributed by atoms with Gasteiger partial charge < -0.3 is 5.11 Å². The molecular formula is C6H9N3O2. The highest BCUT2D eigenvalue weighted by atomic mass is 16.4. The molecule has 1 N–H and O–H groups in total. The van der Waals surface area contributed by atoms with Crippen LogP contribution >= 0.6 is 0 Å². The molecular weight excluding hydrogens is 146 g/mol. The van der Waals surface area contributed by atoms with Gasteiger partial charge in [0.25, 0.3) is 0 Å². The number of carbonyl (C=O) groups is 1. The number of nitrogens with zero attached hydrogens (tertiary/aromatic N) is 3. The van der Waals surface area contributed by atoms with E-state index < -0.39 is 5.97 Å². The van der Waals surface area contributed by atoms with Crippen molar-refractivity contribution in [3.8, 4) is 0 Å². The van der Waals surface area contributed by atoms with E-state index in [2.05, 4.69) is 10.1 Å². The van der Waals surface area contributed by atoms with Gasteiger partial charge in [-0.1, -0.05) is 6.92 Å². The van der Waals surface area contributed by atoms with Gasteiger partial charge in [0.2, 0.25) is 5.82 Å². The van der Waals surface area contributed by atoms with Gasteiger partial charge in [0.15, 0.2) is 5.82 Å². The number of carboxylic acid groups (broad SMARTS) is 1. The molecule has 60 valence electrons. The van der Waals surface area contributed by atoms with Crippen LogP contribution in [-0.2, 0) is 13.5 Å². The van der Waals surface area contributed by atoms with Crippen LogP contribution < -0.4 is 0 Å². The highest BCUT2D eigenvalue weighted by molar-refractivity contribution is 5.83. The Bertz CT molecular complexity index is 279. The van der Waals surface area contributed by atoms with E-state index in [4.69, 9.17) is 5.11 Å². The van der Waals surface area contributed by atoms with Crippen molar-refractivity contribution >= 4 is 5.97 Å². The predicted molar refractivity (Wildman–Crippen MR) is 37.3 cm³/mol. The summed E-state index contributed by atoms with van der Waals surface area (Å²) >= 11 is 0. The Balaban J connectivity index is 3.07. The SMILES string of the molecule is CCc1nc(C(=O)O)n(C)n1. The minimum absolute atomic E-state index is 0.0122. The van der Waals surface area contributed by atoms with E-state index >= 15 is 0 Å². The molecule has 0 aliphatic carbocycles. The van der Waals surface area contributed by atoms with Crippen LogP contribution in [0, 0.1) is 0 Å². The summed E-state index contributed by atoms with van der Waals surface area (Å²) in [5.41, 5.74) is 0. The molecule has 0 radical (unpaired) electrons. The summed E-state index contributed by atoms with van der Waals surface area (Å²) in [4.78, 5) is 14.2. The molecule has 0 fully saturated rings. The maximum Gasteiger partial charge on any atom is 0.373 e. The molecule has 0 aliphatic heterocycles. The Morgan fingerprint density at radius 3 is 2.64 bits per heavy atom. The minimum Gasteiger partial charge on any atom is -0.475 e. The number of aromatic carboxylic acids is 1. The van der Waals surface area contributed by atoms with Gasteiger partial charge in [-0.15, -0.1) is 0 Å². The number of carboxylic acids is 1. The normalized spacial score (nSPS) is 10.0. The van der Waals surface area contributed by atoms with E-state index in [0.29, 0.717) is 12.2 Å². The largest absolute Gasteiger partial charge is 0.475 e. The molecule has 1 rings (SSSR count). The van der Waals surface area contributed by atoms with Crippen LogP contribution in [0.15, 0.2) is 0 Å². The van der Waals surface area contributed by atoms with Crippen molar-refractivity contribution in [3.05, 3.63) is 11.6 Å². The van der Waals surface area contributed by atoms with Crippen molar-refractivity contribution in [2.24, 2.45) is 7.05 Å². The van der Waals surface area contributed by atoms with Gasteiger partial charge in [-0.3, -0.25) is 0 Å². The average Bonchev–Trinajstić information content (AvgIpc) is 2.30. The summed E-state index contributed by atoms with van der Waals surface area (Å²) in [6.45, 7) is 1.88. The van der Waals surface area contributed by atoms with E-state index in [1.54, 1.807) is 7.05 Å². The molecule has 0 aromatic carbocycles. The molecule has 0 amide bonds. The second-order valence-corrected chi connectivity index (χ2v) is 2.13. The lowest BCUT2D eigenvalue weighted by Crippen LogP contribution is -2.06. The second-order valence-electron chi connectivity index (χ2n) is 2.13. The molecule has 1 aromatic rings. The van der Waals surface area contributed by atoms with Crippen LogP contribution in [0.2, 0.25) is 0 Å². The first-order valence-corrected chi connectivity index (χ1v) is 3.28. The summed E-state index contributed by atoms with van der Waals surface area (Å²) in [5.74, 6) is -0.494. The van der Waals surface area contributed by atoms with E-state index in [1.807, 2.05) is 6.92 Å². The number of rotatable bonds is 2. The maximum absolute atomic E-state index is 10.4. The van der Waals surface area contributed by atoms with Gasteiger partial charge in [0.1, 0.15) is 0 Å². The van der Waals surface area contributed by atoms with Crippen LogP contribution in [0.25, 0.3) is 0 Å². The molecule has 5 heteroatoms. The molecule has 0 spiro atoms. The molecule has 0 atom stereocenters. The predicted octanol–water partition coefficient (Wildman–Crippen LogP) is 0.0757. The van der Waals surface area contributed by atoms with E-state index in [1.165, 1.54) is 4.68 Å². The number of hydrogen-bond acceptors (Lipinski definition) is 3. The molecule has 0 aliphatic rings. The first-order valence-electron chi connectivity index (χ1n) is 3.28. The summed E-state index contributed by atoms with van der Waals surface area (Å²) < 4.78 is 1.27. The lowest BCUT2D eigenvalue weighted by molar-refractivity contribution is 0.0678. The van der Waals surface area contributed by atoms with Gasteiger partial charge >= 0.3 is 5.97 Å². The zero-order valence-corrected chi connectivity index (χ0v) is 6.40. The van der Waals surface area contributed by atoms with Crippen molar-refractivity contribution in [1.82, 2.24) is 14.8 Å². The number of aromatic nitrogens is 3. The first-order chi connectivity index (χ1) is 5.15. The van der Waals surface area contributed by atoms with Gasteiger partial charge in [-0.2, -0.15) is 5.10 Å². The highest BCUT2D eigenvalue weighted by Gasteiger charge is 2.11. The average molecular weight is 155 g/mol. The van der Waals surface area contributed by atoms with Crippen molar-refractivity contribution in [2.75, 3.05) is 0 Å². The molecule has 0 bridgehead atoms. The Morgan fingerprint density at radius 2 is 2.36 bits per heavy atom. The smallest absolute Gasteiger partial charge is 0.373 e. The molecule has 0 saturated heterocycles. The van der Waals surface area contributed by atoms with Crippen LogP contribution in [0.4, 0.5) is 0 Å². The number of aryl methyl sites for hydroxylation is 2. The van der Waals surface area contributed by atoms with E-state index in [-0.39, 0.29) is 5.82 Å². The fraction of sp³-hybridized carbons (Fsp3) is 0.500. The Labute approximate surface area is 63.7 Å². The maximum atomic E-state index is 10.4. The number of hydrogen-bond donors (Lipinski definition) is 1.